The molecule has 0 aromatic heterocycles. The molecule has 1 saturated heterocycles. The molecule has 0 bridgehead atoms. The number of likely N-dealkylation sites (tertiary alicyclic amines) is 1. The van der Waals surface area contributed by atoms with Crippen LogP contribution in [0.15, 0.2) is 60.7 Å². The summed E-state index contributed by atoms with van der Waals surface area (Å²) in [7, 11) is 0. The zero-order valence-electron chi connectivity index (χ0n) is 16.8. The molecule has 2 fully saturated rings. The molecule has 0 N–H and O–H groups in total. The Bertz CT molecular complexity index is 839. The smallest absolute Gasteiger partial charge is 0.251 e. The summed E-state index contributed by atoms with van der Waals surface area (Å²) in [5.74, 6) is 0.466. The van der Waals surface area contributed by atoms with Gasteiger partial charge >= 0.3 is 0 Å². The normalized spacial score (nSPS) is 18.7. The summed E-state index contributed by atoms with van der Waals surface area (Å²) in [4.78, 5) is 17.5. The predicted molar refractivity (Wildman–Crippen MR) is 116 cm³/mol. The van der Waals surface area contributed by atoms with Gasteiger partial charge in [0.2, 0.25) is 0 Å². The van der Waals surface area contributed by atoms with Gasteiger partial charge in [0.25, 0.3) is 5.91 Å². The van der Waals surface area contributed by atoms with E-state index in [-0.39, 0.29) is 17.8 Å². The highest BCUT2D eigenvalue weighted by Gasteiger charge is 2.30. The van der Waals surface area contributed by atoms with Crippen LogP contribution in [-0.2, 0) is 4.79 Å². The molecular formula is C25H29FN2O. The summed E-state index contributed by atoms with van der Waals surface area (Å²) < 4.78 is 13.9. The molecule has 3 nitrogen and oxygen atoms in total. The highest BCUT2D eigenvalue weighted by molar-refractivity contribution is 6.04. The predicted octanol–water partition coefficient (Wildman–Crippen LogP) is 5.14. The van der Waals surface area contributed by atoms with Crippen LogP contribution < -0.4 is 4.90 Å². The number of amides is 1. The lowest BCUT2D eigenvalue weighted by Gasteiger charge is -2.40. The lowest BCUT2D eigenvalue weighted by Crippen LogP contribution is -2.48. The molecule has 0 atom stereocenters. The van der Waals surface area contributed by atoms with Crippen LogP contribution in [0.25, 0.3) is 6.08 Å². The van der Waals surface area contributed by atoms with Gasteiger partial charge in [0.05, 0.1) is 0 Å². The molecule has 1 aliphatic heterocycles. The number of benzene rings is 2. The molecule has 2 aliphatic rings. The van der Waals surface area contributed by atoms with E-state index in [0.717, 1.165) is 37.4 Å². The van der Waals surface area contributed by atoms with E-state index in [1.807, 2.05) is 42.5 Å². The van der Waals surface area contributed by atoms with Crippen molar-refractivity contribution < 1.29 is 9.18 Å². The van der Waals surface area contributed by atoms with E-state index in [0.29, 0.717) is 5.69 Å². The number of anilines is 1. The minimum atomic E-state index is -0.310. The van der Waals surface area contributed by atoms with Gasteiger partial charge in [-0.2, -0.15) is 0 Å². The topological polar surface area (TPSA) is 23.6 Å². The largest absolute Gasteiger partial charge is 0.306 e. The molecule has 1 aliphatic carbocycles. The maximum atomic E-state index is 13.9. The molecular weight excluding hydrogens is 363 g/mol. The monoisotopic (exact) mass is 392 g/mol. The molecule has 1 saturated carbocycles. The maximum Gasteiger partial charge on any atom is 0.251 e. The average Bonchev–Trinajstić information content (AvgIpc) is 2.71. The van der Waals surface area contributed by atoms with Gasteiger partial charge in [0.15, 0.2) is 0 Å². The molecule has 0 spiro atoms. The standard InChI is InChI=1S/C25H29FN2O/c26-22-10-5-11-24(18-22)28(25(29)13-12-20-6-2-1-3-7-20)23-14-16-27(17-15-23)19-21-8-4-9-21/h1-3,5-7,10-13,18,21,23H,4,8-9,14-17,19H2/b13-12+. The fourth-order valence-electron chi connectivity index (χ4n) is 4.36. The van der Waals surface area contributed by atoms with Crippen molar-refractivity contribution in [3.63, 3.8) is 0 Å². The fourth-order valence-corrected chi connectivity index (χ4v) is 4.36. The lowest BCUT2D eigenvalue weighted by atomic mass is 9.84. The minimum absolute atomic E-state index is 0.0862. The van der Waals surface area contributed by atoms with Gasteiger partial charge in [-0.1, -0.05) is 42.8 Å². The third-order valence-electron chi connectivity index (χ3n) is 6.21. The SMILES string of the molecule is O=C(/C=C/c1ccccc1)N(c1cccc(F)c1)C1CCN(CC2CCC2)CC1. The van der Waals surface area contributed by atoms with E-state index in [9.17, 15) is 9.18 Å². The van der Waals surface area contributed by atoms with Crippen molar-refractivity contribution in [3.8, 4) is 0 Å². The number of hydrogen-bond acceptors (Lipinski definition) is 2. The Morgan fingerprint density at radius 3 is 2.45 bits per heavy atom. The number of hydrogen-bond donors (Lipinski definition) is 0. The van der Waals surface area contributed by atoms with Crippen molar-refractivity contribution in [1.82, 2.24) is 4.90 Å². The Labute approximate surface area is 172 Å². The summed E-state index contributed by atoms with van der Waals surface area (Å²) in [5, 5.41) is 0. The van der Waals surface area contributed by atoms with Crippen LogP contribution in [0, 0.1) is 11.7 Å². The average molecular weight is 393 g/mol. The summed E-state index contributed by atoms with van der Waals surface area (Å²) in [6.07, 6.45) is 9.39. The number of rotatable bonds is 6. The second-order valence-electron chi connectivity index (χ2n) is 8.26. The quantitative estimate of drug-likeness (QED) is 0.636. The lowest BCUT2D eigenvalue weighted by molar-refractivity contribution is -0.114. The Kier molecular flexibility index (Phi) is 6.40. The zero-order valence-corrected chi connectivity index (χ0v) is 16.8. The zero-order chi connectivity index (χ0) is 20.1. The first-order valence-electron chi connectivity index (χ1n) is 10.7. The summed E-state index contributed by atoms with van der Waals surface area (Å²) >= 11 is 0. The Morgan fingerprint density at radius 2 is 1.79 bits per heavy atom. The molecule has 0 unspecified atom stereocenters. The van der Waals surface area contributed by atoms with Gasteiger partial charge in [0, 0.05) is 37.4 Å². The van der Waals surface area contributed by atoms with E-state index in [2.05, 4.69) is 4.90 Å². The highest BCUT2D eigenvalue weighted by Crippen LogP contribution is 2.30. The van der Waals surface area contributed by atoms with Crippen molar-refractivity contribution in [3.05, 3.63) is 72.1 Å². The van der Waals surface area contributed by atoms with Gasteiger partial charge in [-0.25, -0.2) is 4.39 Å². The molecule has 4 heteroatoms. The van der Waals surface area contributed by atoms with E-state index < -0.39 is 0 Å². The first-order chi connectivity index (χ1) is 14.2. The molecule has 2 aromatic carbocycles. The molecule has 152 valence electrons. The van der Waals surface area contributed by atoms with Crippen LogP contribution in [0.3, 0.4) is 0 Å². The Balaban J connectivity index is 1.48. The maximum absolute atomic E-state index is 13.9. The second kappa shape index (κ2) is 9.36. The van der Waals surface area contributed by atoms with Gasteiger partial charge in [-0.05, 0) is 61.4 Å². The van der Waals surface area contributed by atoms with Crippen LogP contribution in [0.2, 0.25) is 0 Å². The second-order valence-corrected chi connectivity index (χ2v) is 8.26. The van der Waals surface area contributed by atoms with E-state index in [4.69, 9.17) is 0 Å². The molecule has 29 heavy (non-hydrogen) atoms. The van der Waals surface area contributed by atoms with Crippen LogP contribution in [0.1, 0.15) is 37.7 Å². The first-order valence-corrected chi connectivity index (χ1v) is 10.7. The number of piperidine rings is 1. The van der Waals surface area contributed by atoms with Crippen LogP contribution >= 0.6 is 0 Å². The van der Waals surface area contributed by atoms with Crippen LogP contribution in [-0.4, -0.2) is 36.5 Å². The molecule has 4 rings (SSSR count). The summed E-state index contributed by atoms with van der Waals surface area (Å²) in [6.45, 7) is 3.19. The van der Waals surface area contributed by atoms with Crippen molar-refractivity contribution in [2.75, 3.05) is 24.5 Å². The van der Waals surface area contributed by atoms with E-state index in [1.165, 1.54) is 37.9 Å². The Morgan fingerprint density at radius 1 is 1.03 bits per heavy atom. The van der Waals surface area contributed by atoms with Gasteiger partial charge in [-0.3, -0.25) is 4.79 Å². The molecule has 1 amide bonds. The number of halogens is 1. The van der Waals surface area contributed by atoms with Crippen molar-refractivity contribution >= 4 is 17.7 Å². The highest BCUT2D eigenvalue weighted by atomic mass is 19.1. The van der Waals surface area contributed by atoms with Crippen molar-refractivity contribution in [2.24, 2.45) is 5.92 Å². The number of nitrogens with zero attached hydrogens (tertiary/aromatic N) is 2. The summed E-state index contributed by atoms with van der Waals surface area (Å²) in [5.41, 5.74) is 1.63. The van der Waals surface area contributed by atoms with Gasteiger partial charge in [0.1, 0.15) is 5.82 Å². The minimum Gasteiger partial charge on any atom is -0.306 e. The fraction of sp³-hybridized carbons (Fsp3) is 0.400. The van der Waals surface area contributed by atoms with Crippen LogP contribution in [0.5, 0.6) is 0 Å². The van der Waals surface area contributed by atoms with Crippen molar-refractivity contribution in [2.45, 2.75) is 38.1 Å². The molecule has 0 radical (unpaired) electrons. The molecule has 1 heterocycles. The van der Waals surface area contributed by atoms with E-state index >= 15 is 0 Å². The summed E-state index contributed by atoms with van der Waals surface area (Å²) in [6, 6.07) is 16.3. The van der Waals surface area contributed by atoms with Gasteiger partial charge in [-0.15, -0.1) is 0 Å². The molecule has 2 aromatic rings. The van der Waals surface area contributed by atoms with E-state index in [1.54, 1.807) is 17.0 Å². The third kappa shape index (κ3) is 5.13. The van der Waals surface area contributed by atoms with Crippen LogP contribution in [0.4, 0.5) is 10.1 Å². The van der Waals surface area contributed by atoms with Crippen molar-refractivity contribution in [1.29, 1.82) is 0 Å². The first kappa shape index (κ1) is 19.8. The number of carbonyl (C=O) groups is 1. The Hall–Kier alpha value is -2.46. The third-order valence-corrected chi connectivity index (χ3v) is 6.21. The number of carbonyl (C=O) groups excluding carboxylic acids is 1. The van der Waals surface area contributed by atoms with Gasteiger partial charge < -0.3 is 9.80 Å².